The summed E-state index contributed by atoms with van der Waals surface area (Å²) in [4.78, 5) is 17.4. The summed E-state index contributed by atoms with van der Waals surface area (Å²) in [6.45, 7) is 1.32. The lowest BCUT2D eigenvalue weighted by Crippen LogP contribution is -2.33. The Morgan fingerprint density at radius 2 is 2.43 bits per heavy atom. The number of aromatic nitrogens is 1. The van der Waals surface area contributed by atoms with Gasteiger partial charge in [0.25, 0.3) is 0 Å². The molecule has 0 spiro atoms. The van der Waals surface area contributed by atoms with Crippen molar-refractivity contribution in [3.05, 3.63) is 30.1 Å². The van der Waals surface area contributed by atoms with Crippen molar-refractivity contribution in [2.24, 2.45) is 5.73 Å². The first-order valence-electron chi connectivity index (χ1n) is 4.71. The van der Waals surface area contributed by atoms with Gasteiger partial charge in [-0.25, -0.2) is 0 Å². The molecule has 1 atom stereocenters. The van der Waals surface area contributed by atoms with E-state index in [0.717, 1.165) is 18.7 Å². The predicted octanol–water partition coefficient (Wildman–Crippen LogP) is 0.141. The highest BCUT2D eigenvalue weighted by atomic mass is 16.2. The molecule has 1 amide bonds. The number of hydrogen-bond donors (Lipinski definition) is 1. The first-order chi connectivity index (χ1) is 6.77. The van der Waals surface area contributed by atoms with E-state index in [-0.39, 0.29) is 11.9 Å². The van der Waals surface area contributed by atoms with Gasteiger partial charge in [0.1, 0.15) is 0 Å². The van der Waals surface area contributed by atoms with Gasteiger partial charge in [-0.3, -0.25) is 9.78 Å². The van der Waals surface area contributed by atoms with Crippen molar-refractivity contribution in [3.63, 3.8) is 0 Å². The lowest BCUT2D eigenvalue weighted by atomic mass is 10.3. The fourth-order valence-electron chi connectivity index (χ4n) is 1.61. The Morgan fingerprint density at radius 1 is 1.57 bits per heavy atom. The third kappa shape index (κ3) is 1.75. The number of nitrogens with two attached hydrogens (primary N) is 1. The van der Waals surface area contributed by atoms with Gasteiger partial charge in [0.15, 0.2) is 0 Å². The van der Waals surface area contributed by atoms with Crippen molar-refractivity contribution >= 4 is 5.91 Å². The maximum absolute atomic E-state index is 11.5. The molecule has 1 aliphatic rings. The molecule has 2 rings (SSSR count). The van der Waals surface area contributed by atoms with Crippen molar-refractivity contribution in [3.8, 4) is 0 Å². The zero-order valence-electron chi connectivity index (χ0n) is 7.89. The standard InChI is InChI=1S/C10H13N3O/c11-9-4-6-13(10(9)14)7-8-3-1-2-5-12-8/h1-3,5,9H,4,6-7,11H2. The Hall–Kier alpha value is -1.42. The molecule has 1 fully saturated rings. The second kappa shape index (κ2) is 3.75. The molecular weight excluding hydrogens is 178 g/mol. The van der Waals surface area contributed by atoms with Gasteiger partial charge in [0.2, 0.25) is 5.91 Å². The van der Waals surface area contributed by atoms with Crippen LogP contribution in [0.15, 0.2) is 24.4 Å². The third-order valence-corrected chi connectivity index (χ3v) is 2.42. The van der Waals surface area contributed by atoms with E-state index in [9.17, 15) is 4.79 Å². The fraction of sp³-hybridized carbons (Fsp3) is 0.400. The molecule has 14 heavy (non-hydrogen) atoms. The van der Waals surface area contributed by atoms with Gasteiger partial charge in [-0.05, 0) is 18.6 Å². The number of pyridine rings is 1. The summed E-state index contributed by atoms with van der Waals surface area (Å²) in [6.07, 6.45) is 2.49. The van der Waals surface area contributed by atoms with E-state index in [1.165, 1.54) is 0 Å². The highest BCUT2D eigenvalue weighted by Crippen LogP contribution is 2.11. The third-order valence-electron chi connectivity index (χ3n) is 2.42. The number of carbonyl (C=O) groups is 1. The van der Waals surface area contributed by atoms with E-state index in [1.54, 1.807) is 11.1 Å². The number of carbonyl (C=O) groups excluding carboxylic acids is 1. The van der Waals surface area contributed by atoms with E-state index in [4.69, 9.17) is 5.73 Å². The number of rotatable bonds is 2. The second-order valence-electron chi connectivity index (χ2n) is 3.48. The van der Waals surface area contributed by atoms with Gasteiger partial charge in [0, 0.05) is 12.7 Å². The monoisotopic (exact) mass is 191 g/mol. The molecule has 74 valence electrons. The van der Waals surface area contributed by atoms with Crippen LogP contribution in [0.4, 0.5) is 0 Å². The van der Waals surface area contributed by atoms with Crippen LogP contribution < -0.4 is 5.73 Å². The van der Waals surface area contributed by atoms with E-state index < -0.39 is 0 Å². The van der Waals surface area contributed by atoms with E-state index >= 15 is 0 Å². The lowest BCUT2D eigenvalue weighted by molar-refractivity contribution is -0.129. The summed E-state index contributed by atoms with van der Waals surface area (Å²) in [5, 5.41) is 0. The smallest absolute Gasteiger partial charge is 0.239 e. The largest absolute Gasteiger partial charge is 0.335 e. The summed E-state index contributed by atoms with van der Waals surface area (Å²) in [5.74, 6) is 0.0376. The highest BCUT2D eigenvalue weighted by molar-refractivity contribution is 5.83. The van der Waals surface area contributed by atoms with Crippen molar-refractivity contribution < 1.29 is 4.79 Å². The summed E-state index contributed by atoms with van der Waals surface area (Å²) in [7, 11) is 0. The van der Waals surface area contributed by atoms with Crippen molar-refractivity contribution in [2.45, 2.75) is 19.0 Å². The molecule has 0 bridgehead atoms. The molecule has 1 aromatic rings. The zero-order chi connectivity index (χ0) is 9.97. The molecule has 1 aliphatic heterocycles. The summed E-state index contributed by atoms with van der Waals surface area (Å²) in [6, 6.07) is 5.39. The lowest BCUT2D eigenvalue weighted by Gasteiger charge is -2.14. The Morgan fingerprint density at radius 3 is 3.00 bits per heavy atom. The molecular formula is C10H13N3O. The maximum Gasteiger partial charge on any atom is 0.239 e. The molecule has 1 unspecified atom stereocenters. The average molecular weight is 191 g/mol. The number of nitrogens with zero attached hydrogens (tertiary/aromatic N) is 2. The zero-order valence-corrected chi connectivity index (χ0v) is 7.89. The quantitative estimate of drug-likeness (QED) is 0.723. The Labute approximate surface area is 82.7 Å². The van der Waals surface area contributed by atoms with Gasteiger partial charge in [0.05, 0.1) is 18.3 Å². The molecule has 0 radical (unpaired) electrons. The van der Waals surface area contributed by atoms with Crippen LogP contribution in [-0.4, -0.2) is 28.4 Å². The molecule has 2 N–H and O–H groups in total. The first-order valence-corrected chi connectivity index (χ1v) is 4.71. The van der Waals surface area contributed by atoms with Crippen molar-refractivity contribution in [2.75, 3.05) is 6.54 Å². The summed E-state index contributed by atoms with van der Waals surface area (Å²) < 4.78 is 0. The highest BCUT2D eigenvalue weighted by Gasteiger charge is 2.28. The number of amides is 1. The number of hydrogen-bond acceptors (Lipinski definition) is 3. The SMILES string of the molecule is NC1CCN(Cc2ccccn2)C1=O. The molecule has 0 aliphatic carbocycles. The topological polar surface area (TPSA) is 59.2 Å². The van der Waals surface area contributed by atoms with E-state index in [0.29, 0.717) is 6.54 Å². The van der Waals surface area contributed by atoms with Crippen LogP contribution in [0.2, 0.25) is 0 Å². The minimum absolute atomic E-state index is 0.0376. The molecule has 4 heteroatoms. The van der Waals surface area contributed by atoms with Gasteiger partial charge in [-0.2, -0.15) is 0 Å². The Bertz CT molecular complexity index is 325. The fourth-order valence-corrected chi connectivity index (χ4v) is 1.61. The van der Waals surface area contributed by atoms with Crippen LogP contribution in [0.1, 0.15) is 12.1 Å². The number of likely N-dealkylation sites (tertiary alicyclic amines) is 1. The summed E-state index contributed by atoms with van der Waals surface area (Å²) in [5.41, 5.74) is 6.52. The van der Waals surface area contributed by atoms with Gasteiger partial charge in [-0.15, -0.1) is 0 Å². The van der Waals surface area contributed by atoms with Crippen LogP contribution >= 0.6 is 0 Å². The van der Waals surface area contributed by atoms with Crippen LogP contribution in [0, 0.1) is 0 Å². The van der Waals surface area contributed by atoms with Crippen LogP contribution in [0.3, 0.4) is 0 Å². The second-order valence-corrected chi connectivity index (χ2v) is 3.48. The molecule has 2 heterocycles. The van der Waals surface area contributed by atoms with Gasteiger partial charge < -0.3 is 10.6 Å². The Balaban J connectivity index is 2.02. The van der Waals surface area contributed by atoms with Crippen molar-refractivity contribution in [1.29, 1.82) is 0 Å². The van der Waals surface area contributed by atoms with Crippen LogP contribution in [-0.2, 0) is 11.3 Å². The van der Waals surface area contributed by atoms with E-state index in [2.05, 4.69) is 4.98 Å². The molecule has 0 aromatic carbocycles. The molecule has 0 saturated carbocycles. The first kappa shape index (κ1) is 9.15. The predicted molar refractivity (Wildman–Crippen MR) is 52.2 cm³/mol. The minimum atomic E-state index is -0.307. The molecule has 1 saturated heterocycles. The van der Waals surface area contributed by atoms with E-state index in [1.807, 2.05) is 18.2 Å². The van der Waals surface area contributed by atoms with Gasteiger partial charge >= 0.3 is 0 Å². The molecule has 1 aromatic heterocycles. The van der Waals surface area contributed by atoms with Gasteiger partial charge in [-0.1, -0.05) is 6.07 Å². The maximum atomic E-state index is 11.5. The van der Waals surface area contributed by atoms with Crippen molar-refractivity contribution in [1.82, 2.24) is 9.88 Å². The normalized spacial score (nSPS) is 21.6. The molecule has 4 nitrogen and oxygen atoms in total. The Kier molecular flexibility index (Phi) is 2.45. The average Bonchev–Trinajstić information content (AvgIpc) is 2.52. The van der Waals surface area contributed by atoms with Crippen LogP contribution in [0.25, 0.3) is 0 Å². The minimum Gasteiger partial charge on any atom is -0.335 e. The summed E-state index contributed by atoms with van der Waals surface area (Å²) >= 11 is 0. The van der Waals surface area contributed by atoms with Crippen LogP contribution in [0.5, 0.6) is 0 Å².